The van der Waals surface area contributed by atoms with Gasteiger partial charge in [-0.3, -0.25) is 9.58 Å². The molecule has 0 aromatic carbocycles. The van der Waals surface area contributed by atoms with Crippen molar-refractivity contribution >= 4 is 15.9 Å². The number of alkyl halides is 3. The summed E-state index contributed by atoms with van der Waals surface area (Å²) in [4.78, 5) is 1.33. The number of aryl methyl sites for hydroxylation is 2. The molecular formula is C10H15BrF3N3. The Morgan fingerprint density at radius 1 is 1.41 bits per heavy atom. The lowest BCUT2D eigenvalue weighted by molar-refractivity contribution is -0.146. The molecule has 0 aliphatic rings. The van der Waals surface area contributed by atoms with Gasteiger partial charge in [0, 0.05) is 13.6 Å². The molecule has 7 heteroatoms. The second kappa shape index (κ2) is 5.39. The number of halogens is 4. The number of hydrogen-bond donors (Lipinski definition) is 0. The summed E-state index contributed by atoms with van der Waals surface area (Å²) in [5.74, 6) is 0. The minimum Gasteiger partial charge on any atom is -0.289 e. The van der Waals surface area contributed by atoms with E-state index in [1.54, 1.807) is 18.7 Å². The van der Waals surface area contributed by atoms with Crippen molar-refractivity contribution in [3.05, 3.63) is 15.9 Å². The zero-order valence-corrected chi connectivity index (χ0v) is 11.6. The molecule has 0 atom stereocenters. The first-order chi connectivity index (χ1) is 7.74. The SMILES string of the molecule is CCN(Cc1c(Br)c(C)nn1C)CC(F)(F)F. The van der Waals surface area contributed by atoms with Crippen LogP contribution in [0.4, 0.5) is 13.2 Å². The molecule has 0 fully saturated rings. The van der Waals surface area contributed by atoms with E-state index in [2.05, 4.69) is 21.0 Å². The van der Waals surface area contributed by atoms with E-state index in [0.717, 1.165) is 15.9 Å². The highest BCUT2D eigenvalue weighted by Gasteiger charge is 2.30. The minimum atomic E-state index is -4.17. The van der Waals surface area contributed by atoms with Crippen LogP contribution in [0.3, 0.4) is 0 Å². The van der Waals surface area contributed by atoms with Crippen LogP contribution >= 0.6 is 15.9 Å². The van der Waals surface area contributed by atoms with Crippen LogP contribution in [-0.4, -0.2) is 33.9 Å². The van der Waals surface area contributed by atoms with Gasteiger partial charge in [-0.1, -0.05) is 6.92 Å². The Hall–Kier alpha value is -0.560. The molecule has 17 heavy (non-hydrogen) atoms. The van der Waals surface area contributed by atoms with Crippen molar-refractivity contribution < 1.29 is 13.2 Å². The maximum absolute atomic E-state index is 12.3. The monoisotopic (exact) mass is 313 g/mol. The van der Waals surface area contributed by atoms with Crippen LogP contribution in [0.15, 0.2) is 4.47 Å². The van der Waals surface area contributed by atoms with Gasteiger partial charge in [0.05, 0.1) is 22.4 Å². The van der Waals surface area contributed by atoms with Gasteiger partial charge < -0.3 is 0 Å². The quantitative estimate of drug-likeness (QED) is 0.852. The van der Waals surface area contributed by atoms with E-state index in [4.69, 9.17) is 0 Å². The fourth-order valence-electron chi connectivity index (χ4n) is 1.60. The first kappa shape index (κ1) is 14.5. The van der Waals surface area contributed by atoms with Gasteiger partial charge in [0.1, 0.15) is 0 Å². The van der Waals surface area contributed by atoms with Gasteiger partial charge in [0.25, 0.3) is 0 Å². The van der Waals surface area contributed by atoms with Crippen LogP contribution in [0, 0.1) is 6.92 Å². The third kappa shape index (κ3) is 3.99. The molecule has 0 N–H and O–H groups in total. The molecule has 0 aliphatic heterocycles. The first-order valence-corrected chi connectivity index (χ1v) is 6.01. The van der Waals surface area contributed by atoms with Gasteiger partial charge >= 0.3 is 6.18 Å². The summed E-state index contributed by atoms with van der Waals surface area (Å²) >= 11 is 3.35. The maximum Gasteiger partial charge on any atom is 0.401 e. The Kier molecular flexibility index (Phi) is 4.60. The predicted molar refractivity (Wildman–Crippen MR) is 62.7 cm³/mol. The van der Waals surface area contributed by atoms with Gasteiger partial charge in [-0.25, -0.2) is 0 Å². The lowest BCUT2D eigenvalue weighted by Gasteiger charge is -2.22. The van der Waals surface area contributed by atoms with Crippen LogP contribution in [0.2, 0.25) is 0 Å². The van der Waals surface area contributed by atoms with Gasteiger partial charge in [0.2, 0.25) is 0 Å². The summed E-state index contributed by atoms with van der Waals surface area (Å²) in [6.45, 7) is 3.20. The summed E-state index contributed by atoms with van der Waals surface area (Å²) in [5.41, 5.74) is 1.54. The van der Waals surface area contributed by atoms with Crippen LogP contribution in [0.1, 0.15) is 18.3 Å². The third-order valence-electron chi connectivity index (χ3n) is 2.49. The van der Waals surface area contributed by atoms with Crippen LogP contribution < -0.4 is 0 Å². The first-order valence-electron chi connectivity index (χ1n) is 5.21. The van der Waals surface area contributed by atoms with Gasteiger partial charge in [-0.15, -0.1) is 0 Å². The predicted octanol–water partition coefficient (Wildman–Crippen LogP) is 2.88. The highest BCUT2D eigenvalue weighted by Crippen LogP contribution is 2.23. The standard InChI is InChI=1S/C10H15BrF3N3/c1-4-17(6-10(12,13)14)5-8-9(11)7(2)15-16(8)3/h4-6H2,1-3H3. The molecule has 1 rings (SSSR count). The smallest absolute Gasteiger partial charge is 0.289 e. The fourth-order valence-corrected chi connectivity index (χ4v) is 2.06. The summed E-state index contributed by atoms with van der Waals surface area (Å²) in [6, 6.07) is 0. The highest BCUT2D eigenvalue weighted by atomic mass is 79.9. The Morgan fingerprint density at radius 3 is 2.35 bits per heavy atom. The summed E-state index contributed by atoms with van der Waals surface area (Å²) in [6.07, 6.45) is -4.17. The molecule has 98 valence electrons. The molecule has 1 heterocycles. The molecule has 0 aliphatic carbocycles. The Bertz CT molecular complexity index is 387. The van der Waals surface area contributed by atoms with E-state index in [1.165, 1.54) is 4.90 Å². The van der Waals surface area contributed by atoms with Crippen molar-refractivity contribution in [3.8, 4) is 0 Å². The largest absolute Gasteiger partial charge is 0.401 e. The maximum atomic E-state index is 12.3. The molecule has 0 unspecified atom stereocenters. The molecule has 0 spiro atoms. The second-order valence-corrected chi connectivity index (χ2v) is 4.68. The van der Waals surface area contributed by atoms with Gasteiger partial charge in [-0.05, 0) is 29.4 Å². The topological polar surface area (TPSA) is 21.1 Å². The molecular weight excluding hydrogens is 299 g/mol. The van der Waals surface area contributed by atoms with E-state index in [0.29, 0.717) is 6.54 Å². The van der Waals surface area contributed by atoms with Crippen LogP contribution in [0.5, 0.6) is 0 Å². The molecule has 3 nitrogen and oxygen atoms in total. The highest BCUT2D eigenvalue weighted by molar-refractivity contribution is 9.10. The molecule has 0 amide bonds. The average molecular weight is 314 g/mol. The van der Waals surface area contributed by atoms with E-state index < -0.39 is 12.7 Å². The molecule has 1 aromatic rings. The number of hydrogen-bond acceptors (Lipinski definition) is 2. The average Bonchev–Trinajstić information content (AvgIpc) is 2.42. The lowest BCUT2D eigenvalue weighted by atomic mass is 10.3. The van der Waals surface area contributed by atoms with Crippen molar-refractivity contribution in [2.45, 2.75) is 26.6 Å². The molecule has 0 bridgehead atoms. The Balaban J connectivity index is 2.81. The fraction of sp³-hybridized carbons (Fsp3) is 0.700. The molecule has 0 saturated heterocycles. The minimum absolute atomic E-state index is 0.230. The Morgan fingerprint density at radius 2 is 2.00 bits per heavy atom. The van der Waals surface area contributed by atoms with E-state index in [1.807, 2.05) is 6.92 Å². The zero-order chi connectivity index (χ0) is 13.2. The van der Waals surface area contributed by atoms with E-state index >= 15 is 0 Å². The third-order valence-corrected chi connectivity index (χ3v) is 3.52. The Labute approximate surface area is 107 Å². The normalized spacial score (nSPS) is 12.5. The van der Waals surface area contributed by atoms with Crippen molar-refractivity contribution in [1.82, 2.24) is 14.7 Å². The van der Waals surface area contributed by atoms with Gasteiger partial charge in [-0.2, -0.15) is 18.3 Å². The van der Waals surface area contributed by atoms with Crippen LogP contribution in [0.25, 0.3) is 0 Å². The molecule has 0 radical (unpaired) electrons. The number of nitrogens with zero attached hydrogens (tertiary/aromatic N) is 3. The summed E-state index contributed by atoms with van der Waals surface area (Å²) in [5, 5.41) is 4.16. The summed E-state index contributed by atoms with van der Waals surface area (Å²) in [7, 11) is 1.73. The summed E-state index contributed by atoms with van der Waals surface area (Å²) < 4.78 is 39.4. The zero-order valence-electron chi connectivity index (χ0n) is 9.97. The van der Waals surface area contributed by atoms with E-state index in [-0.39, 0.29) is 6.54 Å². The van der Waals surface area contributed by atoms with Crippen molar-refractivity contribution in [2.24, 2.45) is 7.05 Å². The van der Waals surface area contributed by atoms with Gasteiger partial charge in [0.15, 0.2) is 0 Å². The lowest BCUT2D eigenvalue weighted by Crippen LogP contribution is -2.34. The van der Waals surface area contributed by atoms with Crippen LogP contribution in [-0.2, 0) is 13.6 Å². The second-order valence-electron chi connectivity index (χ2n) is 3.89. The number of aromatic nitrogens is 2. The number of rotatable bonds is 4. The van der Waals surface area contributed by atoms with Crippen molar-refractivity contribution in [1.29, 1.82) is 0 Å². The van der Waals surface area contributed by atoms with Crippen molar-refractivity contribution in [3.63, 3.8) is 0 Å². The molecule has 1 aromatic heterocycles. The van der Waals surface area contributed by atoms with E-state index in [9.17, 15) is 13.2 Å². The molecule has 0 saturated carbocycles. The van der Waals surface area contributed by atoms with Crippen molar-refractivity contribution in [2.75, 3.05) is 13.1 Å².